The van der Waals surface area contributed by atoms with E-state index in [1.54, 1.807) is 14.0 Å². The maximum Gasteiger partial charge on any atom is 0.419 e. The van der Waals surface area contributed by atoms with Gasteiger partial charge in [-0.05, 0) is 44.7 Å². The molecular weight excluding hydrogens is 514 g/mol. The normalized spacial score (nSPS) is 19.4. The van der Waals surface area contributed by atoms with Crippen molar-refractivity contribution in [3.05, 3.63) is 29.8 Å². The number of nitrogens with zero attached hydrogens (tertiary/aromatic N) is 1. The van der Waals surface area contributed by atoms with Crippen LogP contribution in [0.1, 0.15) is 38.2 Å². The second kappa shape index (κ2) is 12.9. The number of para-hydroxylation sites is 1. The van der Waals surface area contributed by atoms with Crippen LogP contribution in [0.5, 0.6) is 5.75 Å². The molecule has 1 saturated carbocycles. The molecule has 1 aromatic carbocycles. The minimum Gasteiger partial charge on any atom is -0.491 e. The highest BCUT2D eigenvalue weighted by atomic mass is 127. The average Bonchev–Trinajstić information content (AvgIpc) is 2.70. The van der Waals surface area contributed by atoms with Crippen LogP contribution in [0.4, 0.5) is 13.2 Å². The second-order valence-corrected chi connectivity index (χ2v) is 6.79. The first-order chi connectivity index (χ1) is 13.8. The van der Waals surface area contributed by atoms with Gasteiger partial charge < -0.3 is 20.1 Å². The van der Waals surface area contributed by atoms with E-state index in [-0.39, 0.29) is 54.3 Å². The second-order valence-electron chi connectivity index (χ2n) is 6.79. The average molecular weight is 543 g/mol. The van der Waals surface area contributed by atoms with Crippen molar-refractivity contribution < 1.29 is 27.4 Å². The van der Waals surface area contributed by atoms with E-state index >= 15 is 0 Å². The first kappa shape index (κ1) is 26.3. The molecule has 0 aromatic heterocycles. The molecule has 1 fully saturated rings. The molecule has 0 unspecified atom stereocenters. The number of alkyl halides is 3. The van der Waals surface area contributed by atoms with Crippen molar-refractivity contribution in [2.75, 3.05) is 26.8 Å². The first-order valence-corrected chi connectivity index (χ1v) is 9.78. The highest BCUT2D eigenvalue weighted by Gasteiger charge is 2.34. The number of esters is 1. The van der Waals surface area contributed by atoms with Crippen LogP contribution >= 0.6 is 24.0 Å². The lowest BCUT2D eigenvalue weighted by Gasteiger charge is -2.29. The Morgan fingerprint density at radius 2 is 1.87 bits per heavy atom. The lowest BCUT2D eigenvalue weighted by molar-refractivity contribution is -0.149. The number of aliphatic imine (C=N–C) groups is 1. The fraction of sp³-hybridized carbons (Fsp3) is 0.600. The Bertz CT molecular complexity index is 693. The molecule has 0 saturated heterocycles. The fourth-order valence-electron chi connectivity index (χ4n) is 3.28. The van der Waals surface area contributed by atoms with Gasteiger partial charge in [0.2, 0.25) is 0 Å². The molecule has 1 aromatic rings. The van der Waals surface area contributed by atoms with Crippen LogP contribution in [0.15, 0.2) is 29.3 Å². The van der Waals surface area contributed by atoms with Gasteiger partial charge in [0.05, 0.1) is 24.6 Å². The number of rotatable bonds is 7. The molecule has 1 aliphatic carbocycles. The molecule has 170 valence electrons. The summed E-state index contributed by atoms with van der Waals surface area (Å²) in [6.07, 6.45) is -1.31. The highest BCUT2D eigenvalue weighted by Crippen LogP contribution is 2.35. The number of carbonyl (C=O) groups is 1. The quantitative estimate of drug-likeness (QED) is 0.179. The number of carbonyl (C=O) groups excluding carboxylic acids is 1. The van der Waals surface area contributed by atoms with Gasteiger partial charge >= 0.3 is 12.1 Å². The van der Waals surface area contributed by atoms with E-state index in [1.807, 2.05) is 0 Å². The first-order valence-electron chi connectivity index (χ1n) is 9.78. The van der Waals surface area contributed by atoms with Crippen molar-refractivity contribution in [1.82, 2.24) is 10.6 Å². The number of halogens is 4. The monoisotopic (exact) mass is 543 g/mol. The third-order valence-electron chi connectivity index (χ3n) is 4.76. The lowest BCUT2D eigenvalue weighted by atomic mass is 9.86. The Morgan fingerprint density at radius 3 is 2.47 bits per heavy atom. The summed E-state index contributed by atoms with van der Waals surface area (Å²) in [4.78, 5) is 15.9. The van der Waals surface area contributed by atoms with Crippen molar-refractivity contribution in [3.8, 4) is 5.75 Å². The van der Waals surface area contributed by atoms with E-state index in [4.69, 9.17) is 9.47 Å². The van der Waals surface area contributed by atoms with Crippen molar-refractivity contribution in [3.63, 3.8) is 0 Å². The summed E-state index contributed by atoms with van der Waals surface area (Å²) in [5, 5.41) is 6.32. The molecule has 2 rings (SSSR count). The molecule has 0 spiro atoms. The molecule has 1 aliphatic rings. The van der Waals surface area contributed by atoms with E-state index in [0.29, 0.717) is 19.1 Å². The van der Waals surface area contributed by atoms with Gasteiger partial charge in [0.1, 0.15) is 12.4 Å². The smallest absolute Gasteiger partial charge is 0.419 e. The topological polar surface area (TPSA) is 72.0 Å². The molecule has 0 heterocycles. The van der Waals surface area contributed by atoms with Crippen LogP contribution in [0, 0.1) is 5.92 Å². The lowest BCUT2D eigenvalue weighted by Crippen LogP contribution is -2.46. The van der Waals surface area contributed by atoms with Gasteiger partial charge in [-0.2, -0.15) is 13.2 Å². The summed E-state index contributed by atoms with van der Waals surface area (Å²) >= 11 is 0. The van der Waals surface area contributed by atoms with E-state index in [1.165, 1.54) is 18.2 Å². The van der Waals surface area contributed by atoms with Crippen molar-refractivity contribution in [2.45, 2.75) is 44.8 Å². The van der Waals surface area contributed by atoms with Crippen LogP contribution in [-0.2, 0) is 15.7 Å². The van der Waals surface area contributed by atoms with Gasteiger partial charge in [0, 0.05) is 13.1 Å². The van der Waals surface area contributed by atoms with Crippen molar-refractivity contribution in [1.29, 1.82) is 0 Å². The van der Waals surface area contributed by atoms with Gasteiger partial charge in [-0.1, -0.05) is 12.1 Å². The highest BCUT2D eigenvalue weighted by molar-refractivity contribution is 14.0. The fourth-order valence-corrected chi connectivity index (χ4v) is 3.28. The van der Waals surface area contributed by atoms with Crippen LogP contribution < -0.4 is 15.4 Å². The number of nitrogens with one attached hydrogen (secondary N) is 2. The van der Waals surface area contributed by atoms with Gasteiger partial charge in [0.25, 0.3) is 0 Å². The summed E-state index contributed by atoms with van der Waals surface area (Å²) in [7, 11) is 1.62. The number of benzene rings is 1. The zero-order valence-electron chi connectivity index (χ0n) is 17.1. The van der Waals surface area contributed by atoms with Gasteiger partial charge in [0.15, 0.2) is 5.96 Å². The van der Waals surface area contributed by atoms with Crippen LogP contribution in [0.25, 0.3) is 0 Å². The summed E-state index contributed by atoms with van der Waals surface area (Å²) in [5.74, 6) is 0.175. The third-order valence-corrected chi connectivity index (χ3v) is 4.76. The standard InChI is InChI=1S/C20H28F3N3O3.HI/c1-3-28-18(27)14-8-10-15(11-9-14)26-19(24-2)25-12-13-29-17-7-5-4-6-16(17)20(21,22)23;/h4-7,14-15H,3,8-13H2,1-2H3,(H2,24,25,26);1H. The Balaban J connectivity index is 0.00000450. The largest absolute Gasteiger partial charge is 0.491 e. The van der Waals surface area contributed by atoms with E-state index < -0.39 is 11.7 Å². The molecule has 30 heavy (non-hydrogen) atoms. The number of ether oxygens (including phenoxy) is 2. The maximum absolute atomic E-state index is 13.0. The predicted octanol–water partition coefficient (Wildman–Crippen LogP) is 3.99. The Morgan fingerprint density at radius 1 is 1.20 bits per heavy atom. The van der Waals surface area contributed by atoms with Crippen LogP contribution in [-0.4, -0.2) is 44.8 Å². The molecule has 10 heteroatoms. The van der Waals surface area contributed by atoms with Crippen molar-refractivity contribution >= 4 is 35.9 Å². The van der Waals surface area contributed by atoms with E-state index in [0.717, 1.165) is 31.7 Å². The molecule has 0 aliphatic heterocycles. The van der Waals surface area contributed by atoms with Gasteiger partial charge in [-0.3, -0.25) is 9.79 Å². The minimum atomic E-state index is -4.45. The van der Waals surface area contributed by atoms with Crippen LogP contribution in [0.2, 0.25) is 0 Å². The number of guanidine groups is 1. The van der Waals surface area contributed by atoms with Crippen LogP contribution in [0.3, 0.4) is 0 Å². The molecule has 0 radical (unpaired) electrons. The van der Waals surface area contributed by atoms with Gasteiger partial charge in [-0.25, -0.2) is 0 Å². The predicted molar refractivity (Wildman–Crippen MR) is 119 cm³/mol. The maximum atomic E-state index is 13.0. The Labute approximate surface area is 192 Å². The Hall–Kier alpha value is -1.72. The number of hydrogen-bond donors (Lipinski definition) is 2. The summed E-state index contributed by atoms with van der Waals surface area (Å²) in [6, 6.07) is 5.31. The molecule has 0 bridgehead atoms. The molecule has 0 atom stereocenters. The van der Waals surface area contributed by atoms with E-state index in [9.17, 15) is 18.0 Å². The molecule has 6 nitrogen and oxygen atoms in total. The molecule has 0 amide bonds. The van der Waals surface area contributed by atoms with Gasteiger partial charge in [-0.15, -0.1) is 24.0 Å². The van der Waals surface area contributed by atoms with Crippen molar-refractivity contribution in [2.24, 2.45) is 10.9 Å². The Kier molecular flexibility index (Phi) is 11.3. The zero-order valence-corrected chi connectivity index (χ0v) is 19.5. The zero-order chi connectivity index (χ0) is 21.3. The summed E-state index contributed by atoms with van der Waals surface area (Å²) < 4.78 is 49.3. The minimum absolute atomic E-state index is 0. The SMILES string of the molecule is CCOC(=O)C1CCC(NC(=NC)NCCOc2ccccc2C(F)(F)F)CC1.I. The van der Waals surface area contributed by atoms with E-state index in [2.05, 4.69) is 15.6 Å². The number of hydrogen-bond acceptors (Lipinski definition) is 4. The molecule has 2 N–H and O–H groups in total. The summed E-state index contributed by atoms with van der Waals surface area (Å²) in [6.45, 7) is 2.54. The molecular formula is C20H29F3IN3O3. The summed E-state index contributed by atoms with van der Waals surface area (Å²) in [5.41, 5.74) is -0.791. The third kappa shape index (κ3) is 8.19.